The molecule has 1 aliphatic heterocycles. The van der Waals surface area contributed by atoms with Gasteiger partial charge in [0.25, 0.3) is 0 Å². The number of ether oxygens (including phenoxy) is 1. The summed E-state index contributed by atoms with van der Waals surface area (Å²) < 4.78 is 46.4. The van der Waals surface area contributed by atoms with Crippen molar-refractivity contribution < 1.29 is 17.5 Å². The van der Waals surface area contributed by atoms with Crippen LogP contribution in [0.1, 0.15) is 30.9 Å². The first-order valence-electron chi connectivity index (χ1n) is 8.66. The maximum Gasteiger partial charge on any atom is 0.242 e. The van der Waals surface area contributed by atoms with E-state index in [0.29, 0.717) is 31.3 Å². The van der Waals surface area contributed by atoms with Crippen LogP contribution in [0.15, 0.2) is 41.4 Å². The second-order valence-electron chi connectivity index (χ2n) is 6.67. The summed E-state index contributed by atoms with van der Waals surface area (Å²) in [4.78, 5) is 4.35. The highest BCUT2D eigenvalue weighted by atomic mass is 32.2. The van der Waals surface area contributed by atoms with Crippen molar-refractivity contribution >= 4 is 15.8 Å². The number of pyridine rings is 1. The van der Waals surface area contributed by atoms with Gasteiger partial charge >= 0.3 is 0 Å². The number of anilines is 1. The predicted molar refractivity (Wildman–Crippen MR) is 95.0 cm³/mol. The van der Waals surface area contributed by atoms with Gasteiger partial charge < -0.3 is 10.1 Å². The molecule has 1 fully saturated rings. The molecule has 2 aromatic rings. The van der Waals surface area contributed by atoms with E-state index in [1.165, 1.54) is 18.3 Å². The molecule has 0 spiro atoms. The number of halogens is 1. The average Bonchev–Trinajstić information content (AvgIpc) is 3.46. The fourth-order valence-electron chi connectivity index (χ4n) is 2.97. The van der Waals surface area contributed by atoms with Crippen molar-refractivity contribution in [3.8, 4) is 5.75 Å². The summed E-state index contributed by atoms with van der Waals surface area (Å²) in [7, 11) is -3.53. The second-order valence-corrected chi connectivity index (χ2v) is 8.43. The van der Waals surface area contributed by atoms with E-state index in [2.05, 4.69) is 15.0 Å². The summed E-state index contributed by atoms with van der Waals surface area (Å²) >= 11 is 0. The van der Waals surface area contributed by atoms with Crippen LogP contribution >= 0.6 is 0 Å². The van der Waals surface area contributed by atoms with E-state index < -0.39 is 10.0 Å². The molecular formula is C18H20FN3O3S. The molecule has 26 heavy (non-hydrogen) atoms. The van der Waals surface area contributed by atoms with E-state index in [4.69, 9.17) is 4.74 Å². The van der Waals surface area contributed by atoms with Crippen molar-refractivity contribution in [2.45, 2.75) is 30.2 Å². The first-order chi connectivity index (χ1) is 12.5. The molecule has 1 aliphatic carbocycles. The smallest absolute Gasteiger partial charge is 0.242 e. The molecule has 138 valence electrons. The number of hydrogen-bond acceptors (Lipinski definition) is 5. The Morgan fingerprint density at radius 2 is 2.04 bits per heavy atom. The van der Waals surface area contributed by atoms with Crippen molar-refractivity contribution in [2.24, 2.45) is 5.92 Å². The topological polar surface area (TPSA) is 80.3 Å². The van der Waals surface area contributed by atoms with Crippen molar-refractivity contribution in [3.63, 3.8) is 0 Å². The number of para-hydroxylation sites is 1. The van der Waals surface area contributed by atoms with Crippen LogP contribution in [0.2, 0.25) is 0 Å². The van der Waals surface area contributed by atoms with Gasteiger partial charge in [0.2, 0.25) is 10.0 Å². The highest BCUT2D eigenvalue weighted by Gasteiger charge is 2.26. The number of rotatable bonds is 6. The minimum absolute atomic E-state index is 0.141. The van der Waals surface area contributed by atoms with Crippen LogP contribution in [0.3, 0.4) is 0 Å². The Bertz CT molecular complexity index is 898. The molecule has 2 N–H and O–H groups in total. The molecule has 0 bridgehead atoms. The standard InChI is InChI=1S/C18H20FN3O3S/c19-15-3-1-2-14-16(8-9-25-18(14)15)22-17-7-6-13(11-20-17)26(23,24)21-10-12-4-5-12/h1-3,6-7,11-12,16,21H,4-5,8-10H2,(H,20,22)/t16-/m0/s1. The Balaban J connectivity index is 1.47. The molecule has 6 nitrogen and oxygen atoms in total. The van der Waals surface area contributed by atoms with Crippen LogP contribution in [-0.4, -0.2) is 26.6 Å². The lowest BCUT2D eigenvalue weighted by molar-refractivity contribution is 0.260. The summed E-state index contributed by atoms with van der Waals surface area (Å²) in [5.41, 5.74) is 0.737. The van der Waals surface area contributed by atoms with Gasteiger partial charge in [0.1, 0.15) is 10.7 Å². The minimum Gasteiger partial charge on any atom is -0.490 e. The van der Waals surface area contributed by atoms with Gasteiger partial charge in [-0.2, -0.15) is 0 Å². The maximum absolute atomic E-state index is 13.9. The van der Waals surface area contributed by atoms with Gasteiger partial charge in [0.05, 0.1) is 12.6 Å². The summed E-state index contributed by atoms with van der Waals surface area (Å²) in [6.45, 7) is 0.885. The van der Waals surface area contributed by atoms with Crippen LogP contribution in [0.4, 0.5) is 10.2 Å². The number of nitrogens with zero attached hydrogens (tertiary/aromatic N) is 1. The number of sulfonamides is 1. The lowest BCUT2D eigenvalue weighted by Gasteiger charge is -2.27. The first-order valence-corrected chi connectivity index (χ1v) is 10.1. The summed E-state index contributed by atoms with van der Waals surface area (Å²) in [6, 6.07) is 7.84. The first kappa shape index (κ1) is 17.2. The van der Waals surface area contributed by atoms with Crippen LogP contribution in [-0.2, 0) is 10.0 Å². The molecule has 4 rings (SSSR count). The Morgan fingerprint density at radius 1 is 1.19 bits per heavy atom. The van der Waals surface area contributed by atoms with Crippen LogP contribution < -0.4 is 14.8 Å². The van der Waals surface area contributed by atoms with Crippen LogP contribution in [0.25, 0.3) is 0 Å². The van der Waals surface area contributed by atoms with E-state index in [1.807, 2.05) is 6.07 Å². The third kappa shape index (κ3) is 3.66. The largest absolute Gasteiger partial charge is 0.490 e. The number of nitrogens with one attached hydrogen (secondary N) is 2. The van der Waals surface area contributed by atoms with Crippen molar-refractivity contribution in [1.29, 1.82) is 0 Å². The molecule has 2 heterocycles. The fraction of sp³-hybridized carbons (Fsp3) is 0.389. The molecule has 1 atom stereocenters. The number of hydrogen-bond donors (Lipinski definition) is 2. The predicted octanol–water partition coefficient (Wildman–Crippen LogP) is 2.84. The summed E-state index contributed by atoms with van der Waals surface area (Å²) in [5, 5.41) is 3.23. The van der Waals surface area contributed by atoms with Crippen molar-refractivity contribution in [2.75, 3.05) is 18.5 Å². The highest BCUT2D eigenvalue weighted by molar-refractivity contribution is 7.89. The highest BCUT2D eigenvalue weighted by Crippen LogP contribution is 2.35. The van der Waals surface area contributed by atoms with Gasteiger partial charge in [0, 0.05) is 24.7 Å². The Labute approximate surface area is 151 Å². The van der Waals surface area contributed by atoms with Gasteiger partial charge in [-0.3, -0.25) is 0 Å². The monoisotopic (exact) mass is 377 g/mol. The van der Waals surface area contributed by atoms with Gasteiger partial charge in [0.15, 0.2) is 11.6 Å². The van der Waals surface area contributed by atoms with Gasteiger partial charge in [-0.05, 0) is 37.0 Å². The van der Waals surface area contributed by atoms with Crippen molar-refractivity contribution in [1.82, 2.24) is 9.71 Å². The van der Waals surface area contributed by atoms with E-state index in [1.54, 1.807) is 12.1 Å². The van der Waals surface area contributed by atoms with E-state index in [-0.39, 0.29) is 22.5 Å². The third-order valence-corrected chi connectivity index (χ3v) is 6.06. The van der Waals surface area contributed by atoms with Crippen molar-refractivity contribution in [3.05, 3.63) is 47.9 Å². The van der Waals surface area contributed by atoms with Crippen LogP contribution in [0, 0.1) is 11.7 Å². The Hall–Kier alpha value is -2.19. The molecule has 8 heteroatoms. The van der Waals surface area contributed by atoms with Gasteiger partial charge in [-0.1, -0.05) is 12.1 Å². The zero-order chi connectivity index (χ0) is 18.1. The molecule has 0 saturated heterocycles. The zero-order valence-corrected chi connectivity index (χ0v) is 14.9. The molecule has 1 aromatic heterocycles. The van der Waals surface area contributed by atoms with E-state index in [9.17, 15) is 12.8 Å². The SMILES string of the molecule is O=S(=O)(NCC1CC1)c1ccc(N[C@H]2CCOc3c(F)cccc32)nc1. The molecule has 0 radical (unpaired) electrons. The molecular weight excluding hydrogens is 357 g/mol. The van der Waals surface area contributed by atoms with E-state index in [0.717, 1.165) is 18.4 Å². The van der Waals surface area contributed by atoms with E-state index >= 15 is 0 Å². The minimum atomic E-state index is -3.53. The normalized spacial score (nSPS) is 19.5. The van der Waals surface area contributed by atoms with Gasteiger partial charge in [-0.15, -0.1) is 0 Å². The maximum atomic E-state index is 13.9. The zero-order valence-electron chi connectivity index (χ0n) is 14.1. The molecule has 0 unspecified atom stereocenters. The lowest BCUT2D eigenvalue weighted by Crippen LogP contribution is -2.26. The molecule has 1 aromatic carbocycles. The Morgan fingerprint density at radius 3 is 2.77 bits per heavy atom. The number of fused-ring (bicyclic) bond motifs is 1. The second kappa shape index (κ2) is 6.85. The van der Waals surface area contributed by atoms with Crippen LogP contribution in [0.5, 0.6) is 5.75 Å². The molecule has 0 amide bonds. The molecule has 2 aliphatic rings. The number of benzene rings is 1. The average molecular weight is 377 g/mol. The van der Waals surface area contributed by atoms with Gasteiger partial charge in [-0.25, -0.2) is 22.5 Å². The third-order valence-electron chi connectivity index (χ3n) is 4.65. The quantitative estimate of drug-likeness (QED) is 0.809. The summed E-state index contributed by atoms with van der Waals surface area (Å²) in [6.07, 6.45) is 4.16. The molecule has 1 saturated carbocycles. The summed E-state index contributed by atoms with van der Waals surface area (Å²) in [5.74, 6) is 0.880. The number of aromatic nitrogens is 1. The Kier molecular flexibility index (Phi) is 4.54. The lowest BCUT2D eigenvalue weighted by atomic mass is 10.0. The fourth-order valence-corrected chi connectivity index (χ4v) is 4.03.